The van der Waals surface area contributed by atoms with Gasteiger partial charge in [0.25, 0.3) is 0 Å². The summed E-state index contributed by atoms with van der Waals surface area (Å²) in [6, 6.07) is 0.952. The molecule has 0 unspecified atom stereocenters. The van der Waals surface area contributed by atoms with Crippen LogP contribution in [-0.4, -0.2) is 22.1 Å². The Labute approximate surface area is 108 Å². The molecule has 0 bridgehead atoms. The number of hydrogen-bond acceptors (Lipinski definition) is 4. The Balaban J connectivity index is 1.72. The molecule has 2 aliphatic carbocycles. The Morgan fingerprint density at radius 3 is 2.67 bits per heavy atom. The molecule has 0 saturated heterocycles. The fourth-order valence-corrected chi connectivity index (χ4v) is 3.10. The highest BCUT2D eigenvalue weighted by Crippen LogP contribution is 2.27. The summed E-state index contributed by atoms with van der Waals surface area (Å²) in [6.45, 7) is 0. The Kier molecular flexibility index (Phi) is 3.46. The molecule has 2 aliphatic rings. The van der Waals surface area contributed by atoms with E-state index in [4.69, 9.17) is 5.73 Å². The third-order valence-corrected chi connectivity index (χ3v) is 4.24. The molecule has 0 aromatic carbocycles. The van der Waals surface area contributed by atoms with E-state index in [1.54, 1.807) is 6.33 Å². The van der Waals surface area contributed by atoms with Crippen LogP contribution < -0.4 is 11.1 Å². The Morgan fingerprint density at radius 1 is 1.06 bits per heavy atom. The number of nitrogens with two attached hydrogens (primary N) is 1. The van der Waals surface area contributed by atoms with Gasteiger partial charge in [-0.2, -0.15) is 0 Å². The number of aromatic nitrogens is 2. The van der Waals surface area contributed by atoms with Crippen molar-refractivity contribution < 1.29 is 0 Å². The number of hydrogen-bond donors (Lipinski definition) is 2. The third-order valence-electron chi connectivity index (χ3n) is 4.24. The Bertz CT molecular complexity index is 410. The van der Waals surface area contributed by atoms with Gasteiger partial charge in [0.2, 0.25) is 0 Å². The average Bonchev–Trinajstić information content (AvgIpc) is 2.42. The largest absolute Gasteiger partial charge is 0.367 e. The molecule has 1 fully saturated rings. The first-order chi connectivity index (χ1) is 8.83. The second-order valence-corrected chi connectivity index (χ2v) is 5.61. The van der Waals surface area contributed by atoms with Crippen molar-refractivity contribution >= 4 is 5.82 Å². The molecule has 0 radical (unpaired) electrons. The van der Waals surface area contributed by atoms with E-state index < -0.39 is 0 Å². The Morgan fingerprint density at radius 2 is 1.83 bits per heavy atom. The second kappa shape index (κ2) is 5.22. The van der Waals surface area contributed by atoms with E-state index in [-0.39, 0.29) is 0 Å². The van der Waals surface area contributed by atoms with Crippen LogP contribution in [0.4, 0.5) is 5.82 Å². The molecule has 0 spiro atoms. The first-order valence-electron chi connectivity index (χ1n) is 7.18. The molecular formula is C14H22N4. The zero-order chi connectivity index (χ0) is 12.4. The molecule has 0 amide bonds. The highest BCUT2D eigenvalue weighted by Gasteiger charge is 2.21. The van der Waals surface area contributed by atoms with Gasteiger partial charge in [-0.1, -0.05) is 0 Å². The molecule has 3 N–H and O–H groups in total. The van der Waals surface area contributed by atoms with E-state index in [2.05, 4.69) is 15.3 Å². The van der Waals surface area contributed by atoms with E-state index in [0.717, 1.165) is 31.5 Å². The van der Waals surface area contributed by atoms with Crippen molar-refractivity contribution in [2.75, 3.05) is 5.32 Å². The molecule has 18 heavy (non-hydrogen) atoms. The molecule has 3 rings (SSSR count). The molecule has 4 nitrogen and oxygen atoms in total. The highest BCUT2D eigenvalue weighted by molar-refractivity contribution is 5.47. The van der Waals surface area contributed by atoms with Crippen molar-refractivity contribution in [2.45, 2.75) is 63.5 Å². The maximum Gasteiger partial charge on any atom is 0.133 e. The smallest absolute Gasteiger partial charge is 0.133 e. The number of anilines is 1. The van der Waals surface area contributed by atoms with Gasteiger partial charge in [0, 0.05) is 23.3 Å². The predicted octanol–water partition coefficient (Wildman–Crippen LogP) is 2.04. The minimum absolute atomic E-state index is 0.405. The van der Waals surface area contributed by atoms with Crippen LogP contribution in [0, 0.1) is 0 Å². The lowest BCUT2D eigenvalue weighted by Gasteiger charge is -2.28. The number of rotatable bonds is 2. The molecule has 0 aliphatic heterocycles. The summed E-state index contributed by atoms with van der Waals surface area (Å²) in [5.74, 6) is 1.08. The molecule has 1 aromatic rings. The zero-order valence-corrected chi connectivity index (χ0v) is 10.9. The van der Waals surface area contributed by atoms with Crippen LogP contribution in [0.15, 0.2) is 6.33 Å². The van der Waals surface area contributed by atoms with Gasteiger partial charge in [0.05, 0.1) is 0 Å². The molecular weight excluding hydrogens is 224 g/mol. The first kappa shape index (κ1) is 11.9. The lowest BCUT2D eigenvalue weighted by atomic mass is 9.91. The van der Waals surface area contributed by atoms with Crippen LogP contribution in [0.2, 0.25) is 0 Å². The number of aryl methyl sites for hydroxylation is 1. The quantitative estimate of drug-likeness (QED) is 0.838. The van der Waals surface area contributed by atoms with Crippen LogP contribution in [0.25, 0.3) is 0 Å². The van der Waals surface area contributed by atoms with Crippen LogP contribution in [0.1, 0.15) is 49.8 Å². The van der Waals surface area contributed by atoms with Crippen LogP contribution in [0.3, 0.4) is 0 Å². The van der Waals surface area contributed by atoms with Crippen LogP contribution in [-0.2, 0) is 12.8 Å². The van der Waals surface area contributed by atoms with Gasteiger partial charge in [-0.15, -0.1) is 0 Å². The van der Waals surface area contributed by atoms with Gasteiger partial charge in [0.1, 0.15) is 12.1 Å². The lowest BCUT2D eigenvalue weighted by molar-refractivity contribution is 0.410. The van der Waals surface area contributed by atoms with Crippen molar-refractivity contribution in [1.29, 1.82) is 0 Å². The van der Waals surface area contributed by atoms with Crippen molar-refractivity contribution in [3.63, 3.8) is 0 Å². The van der Waals surface area contributed by atoms with Gasteiger partial charge in [-0.05, 0) is 51.4 Å². The van der Waals surface area contributed by atoms with E-state index >= 15 is 0 Å². The van der Waals surface area contributed by atoms with E-state index in [0.29, 0.717) is 12.1 Å². The molecule has 98 valence electrons. The topological polar surface area (TPSA) is 63.8 Å². The van der Waals surface area contributed by atoms with Crippen molar-refractivity contribution in [3.8, 4) is 0 Å². The number of fused-ring (bicyclic) bond motifs is 1. The van der Waals surface area contributed by atoms with Crippen molar-refractivity contribution in [3.05, 3.63) is 17.6 Å². The summed E-state index contributed by atoms with van der Waals surface area (Å²) >= 11 is 0. The lowest BCUT2D eigenvalue weighted by Crippen LogP contribution is -2.33. The zero-order valence-electron chi connectivity index (χ0n) is 10.9. The fraction of sp³-hybridized carbons (Fsp3) is 0.714. The Hall–Kier alpha value is -1.16. The molecule has 1 heterocycles. The van der Waals surface area contributed by atoms with Crippen LogP contribution in [0.5, 0.6) is 0 Å². The number of nitrogens with zero attached hydrogens (tertiary/aromatic N) is 2. The van der Waals surface area contributed by atoms with Crippen molar-refractivity contribution in [2.24, 2.45) is 5.73 Å². The average molecular weight is 246 g/mol. The van der Waals surface area contributed by atoms with E-state index in [9.17, 15) is 0 Å². The SMILES string of the molecule is NC1CCC(Nc2ncnc3c2CCCC3)CC1. The second-order valence-electron chi connectivity index (χ2n) is 5.61. The summed E-state index contributed by atoms with van der Waals surface area (Å²) < 4.78 is 0. The molecule has 1 aromatic heterocycles. The van der Waals surface area contributed by atoms with Crippen molar-refractivity contribution in [1.82, 2.24) is 9.97 Å². The minimum Gasteiger partial charge on any atom is -0.367 e. The third kappa shape index (κ3) is 2.48. The molecule has 1 saturated carbocycles. The van der Waals surface area contributed by atoms with Gasteiger partial charge >= 0.3 is 0 Å². The predicted molar refractivity (Wildman–Crippen MR) is 72.5 cm³/mol. The fourth-order valence-electron chi connectivity index (χ4n) is 3.10. The monoisotopic (exact) mass is 246 g/mol. The summed E-state index contributed by atoms with van der Waals surface area (Å²) in [7, 11) is 0. The van der Waals surface area contributed by atoms with Gasteiger partial charge in [0.15, 0.2) is 0 Å². The minimum atomic E-state index is 0.405. The normalized spacial score (nSPS) is 27.6. The van der Waals surface area contributed by atoms with Gasteiger partial charge < -0.3 is 11.1 Å². The standard InChI is InChI=1S/C14H22N4/c15-10-5-7-11(8-6-10)18-14-12-3-1-2-4-13(12)16-9-17-14/h9-11H,1-8,15H2,(H,16,17,18). The first-order valence-corrected chi connectivity index (χ1v) is 7.18. The van der Waals surface area contributed by atoms with E-state index in [1.807, 2.05) is 0 Å². The van der Waals surface area contributed by atoms with Gasteiger partial charge in [-0.3, -0.25) is 0 Å². The maximum atomic E-state index is 5.95. The summed E-state index contributed by atoms with van der Waals surface area (Å²) in [6.07, 6.45) is 11.1. The summed E-state index contributed by atoms with van der Waals surface area (Å²) in [4.78, 5) is 8.87. The summed E-state index contributed by atoms with van der Waals surface area (Å²) in [5, 5.41) is 3.62. The van der Waals surface area contributed by atoms with Gasteiger partial charge in [-0.25, -0.2) is 9.97 Å². The number of nitrogens with one attached hydrogen (secondary N) is 1. The summed E-state index contributed by atoms with van der Waals surface area (Å²) in [5.41, 5.74) is 8.56. The molecule has 4 heteroatoms. The maximum absolute atomic E-state index is 5.95. The van der Waals surface area contributed by atoms with E-state index in [1.165, 1.54) is 36.9 Å². The molecule has 0 atom stereocenters. The van der Waals surface area contributed by atoms with Crippen LogP contribution >= 0.6 is 0 Å². The highest BCUT2D eigenvalue weighted by atomic mass is 15.0.